The highest BCUT2D eigenvalue weighted by Crippen LogP contribution is 2.25. The van der Waals surface area contributed by atoms with Gasteiger partial charge in [-0.15, -0.1) is 10.2 Å². The third kappa shape index (κ3) is 11.2. The second-order valence-corrected chi connectivity index (χ2v) is 14.7. The lowest BCUT2D eigenvalue weighted by Gasteiger charge is -2.18. The highest BCUT2D eigenvalue weighted by molar-refractivity contribution is 5.92. The minimum atomic E-state index is -1.01. The van der Waals surface area contributed by atoms with Crippen molar-refractivity contribution < 1.29 is 29.4 Å². The third-order valence-corrected chi connectivity index (χ3v) is 10.0. The number of aliphatic carboxylic acids is 2. The van der Waals surface area contributed by atoms with Crippen LogP contribution in [0.25, 0.3) is 34.2 Å². The van der Waals surface area contributed by atoms with Crippen molar-refractivity contribution in [2.75, 3.05) is 0 Å². The summed E-state index contributed by atoms with van der Waals surface area (Å²) in [5, 5.41) is 33.2. The lowest BCUT2D eigenvalue weighted by atomic mass is 9.99. The van der Waals surface area contributed by atoms with Crippen LogP contribution in [-0.2, 0) is 16.0 Å². The molecule has 2 unspecified atom stereocenters. The molecule has 4 N–H and O–H groups in total. The van der Waals surface area contributed by atoms with E-state index in [2.05, 4.69) is 30.8 Å². The van der Waals surface area contributed by atoms with Crippen LogP contribution in [0.5, 0.6) is 0 Å². The van der Waals surface area contributed by atoms with Crippen molar-refractivity contribution in [2.24, 2.45) is 0 Å². The molecule has 2 aromatic heterocycles. The van der Waals surface area contributed by atoms with Crippen molar-refractivity contribution in [1.29, 1.82) is 0 Å². The number of carbonyl (C=O) groups excluding carboxylic acids is 2. The molecule has 14 nitrogen and oxygen atoms in total. The molecule has 0 aliphatic heterocycles. The van der Waals surface area contributed by atoms with Crippen molar-refractivity contribution in [3.63, 3.8) is 0 Å². The van der Waals surface area contributed by atoms with Crippen LogP contribution in [0.2, 0.25) is 0 Å². The molecule has 8 aromatic rings. The van der Waals surface area contributed by atoms with E-state index in [0.717, 1.165) is 39.2 Å². The number of rotatable bonds is 15. The van der Waals surface area contributed by atoms with Crippen LogP contribution in [-0.4, -0.2) is 69.5 Å². The van der Waals surface area contributed by atoms with E-state index in [1.165, 1.54) is 0 Å². The maximum absolute atomic E-state index is 13.1. The summed E-state index contributed by atoms with van der Waals surface area (Å²) in [7, 11) is 0. The van der Waals surface area contributed by atoms with Crippen LogP contribution < -0.4 is 10.6 Å². The zero-order valence-electron chi connectivity index (χ0n) is 34.7. The number of carboxylic acids is 2. The Hall–Kier alpha value is -8.52. The molecule has 0 aliphatic carbocycles. The fourth-order valence-electron chi connectivity index (χ4n) is 7.01. The number of benzene rings is 6. The summed E-state index contributed by atoms with van der Waals surface area (Å²) in [4.78, 5) is 57.9. The molecule has 6 aromatic carbocycles. The first-order valence-corrected chi connectivity index (χ1v) is 20.4. The normalized spacial score (nSPS) is 11.6. The SMILES string of the molecule is Cc1ccccc1C(CC(=O)O)NC(=O)c1nc(-c2ccccc2)n(-c2ccccc2)n1.O=C(O)CC(Cc1ccccc1)NC(=O)c1nc(-c2ccccc2)n(-c2ccccc2)n1. The van der Waals surface area contributed by atoms with Crippen molar-refractivity contribution >= 4 is 23.8 Å². The van der Waals surface area contributed by atoms with Crippen molar-refractivity contribution in [3.8, 4) is 34.2 Å². The van der Waals surface area contributed by atoms with Crippen LogP contribution in [0.15, 0.2) is 176 Å². The van der Waals surface area contributed by atoms with Gasteiger partial charge in [-0.25, -0.2) is 19.3 Å². The highest BCUT2D eigenvalue weighted by Gasteiger charge is 2.25. The number of aryl methyl sites for hydroxylation is 1. The first-order valence-electron chi connectivity index (χ1n) is 20.4. The van der Waals surface area contributed by atoms with Gasteiger partial charge in [-0.1, -0.05) is 152 Å². The van der Waals surface area contributed by atoms with Gasteiger partial charge in [-0.3, -0.25) is 19.2 Å². The minimum absolute atomic E-state index is 0.0174. The van der Waals surface area contributed by atoms with Crippen LogP contribution in [0.4, 0.5) is 0 Å². The van der Waals surface area contributed by atoms with Gasteiger partial charge in [0, 0.05) is 17.2 Å². The number of amides is 2. The molecule has 0 bridgehead atoms. The fourth-order valence-corrected chi connectivity index (χ4v) is 7.01. The molecule has 320 valence electrons. The number of aromatic nitrogens is 6. The number of nitrogens with one attached hydrogen (secondary N) is 2. The molecule has 0 spiro atoms. The van der Waals surface area contributed by atoms with E-state index in [4.69, 9.17) is 0 Å². The lowest BCUT2D eigenvalue weighted by Crippen LogP contribution is -2.38. The molecule has 2 amide bonds. The summed E-state index contributed by atoms with van der Waals surface area (Å²) in [6, 6.07) is 53.3. The molecule has 0 aliphatic rings. The van der Waals surface area contributed by atoms with Crippen LogP contribution >= 0.6 is 0 Å². The number of para-hydroxylation sites is 2. The molecule has 14 heteroatoms. The molecule has 2 atom stereocenters. The van der Waals surface area contributed by atoms with Gasteiger partial charge in [0.25, 0.3) is 11.8 Å². The maximum Gasteiger partial charge on any atom is 0.305 e. The third-order valence-electron chi connectivity index (χ3n) is 10.0. The second-order valence-electron chi connectivity index (χ2n) is 14.7. The molecule has 0 fully saturated rings. The fraction of sp³-hybridized carbons (Fsp3) is 0.120. The highest BCUT2D eigenvalue weighted by atomic mass is 16.4. The van der Waals surface area contributed by atoms with Gasteiger partial charge in [-0.2, -0.15) is 0 Å². The molecular formula is C50H44N8O6. The Kier molecular flexibility index (Phi) is 14.2. The Morgan fingerprint density at radius 1 is 0.516 bits per heavy atom. The molecule has 0 saturated carbocycles. The second kappa shape index (κ2) is 20.8. The topological polar surface area (TPSA) is 194 Å². The average Bonchev–Trinajstić information content (AvgIpc) is 3.97. The Morgan fingerprint density at radius 2 is 0.922 bits per heavy atom. The number of hydrogen-bond donors (Lipinski definition) is 4. The maximum atomic E-state index is 13.1. The van der Waals surface area contributed by atoms with Crippen LogP contribution in [0.1, 0.15) is 56.8 Å². The van der Waals surface area contributed by atoms with Gasteiger partial charge in [0.05, 0.1) is 30.3 Å². The zero-order valence-corrected chi connectivity index (χ0v) is 34.7. The first kappa shape index (κ1) is 43.6. The Balaban J connectivity index is 0.000000191. The first-order chi connectivity index (χ1) is 31.1. The molecule has 0 radical (unpaired) electrons. The Morgan fingerprint density at radius 3 is 1.38 bits per heavy atom. The standard InChI is InChI=1S/2C25H22N4O3/c1-17-10-8-9-15-20(17)21(16-22(30)31)26-25(32)23-27-24(18-11-4-2-5-12-18)29(28-23)19-13-6-3-7-14-19;30-22(31)17-20(16-18-10-4-1-5-11-18)26-25(32)23-27-24(19-12-6-2-7-13-19)29(28-23)21-14-8-3-9-15-21/h2-15,21H,16H2,1H3,(H,26,32)(H,30,31);1-15,20H,16-17H2,(H,26,32)(H,30,31). The summed E-state index contributed by atoms with van der Waals surface area (Å²) in [5.74, 6) is -2.05. The van der Waals surface area contributed by atoms with Gasteiger partial charge in [-0.05, 0) is 54.3 Å². The monoisotopic (exact) mass is 852 g/mol. The smallest absolute Gasteiger partial charge is 0.305 e. The molecule has 2 heterocycles. The van der Waals surface area contributed by atoms with Crippen LogP contribution in [0, 0.1) is 6.92 Å². The molecule has 64 heavy (non-hydrogen) atoms. The van der Waals surface area contributed by atoms with E-state index in [1.54, 1.807) is 9.36 Å². The summed E-state index contributed by atoms with van der Waals surface area (Å²) < 4.78 is 3.23. The molecular weight excluding hydrogens is 809 g/mol. The Labute approximate surface area is 368 Å². The number of nitrogens with zero attached hydrogens (tertiary/aromatic N) is 6. The quantitative estimate of drug-likeness (QED) is 0.0787. The number of carbonyl (C=O) groups is 4. The minimum Gasteiger partial charge on any atom is -0.481 e. The van der Waals surface area contributed by atoms with Crippen LogP contribution in [0.3, 0.4) is 0 Å². The molecule has 8 rings (SSSR count). The van der Waals surface area contributed by atoms with E-state index < -0.39 is 35.8 Å². The number of carboxylic acid groups (broad SMARTS) is 2. The summed E-state index contributed by atoms with van der Waals surface area (Å²) >= 11 is 0. The van der Waals surface area contributed by atoms with Gasteiger partial charge >= 0.3 is 11.9 Å². The van der Waals surface area contributed by atoms with Gasteiger partial charge in [0.15, 0.2) is 11.6 Å². The average molecular weight is 853 g/mol. The van der Waals surface area contributed by atoms with E-state index in [1.807, 2.05) is 183 Å². The van der Waals surface area contributed by atoms with E-state index in [0.29, 0.717) is 18.1 Å². The van der Waals surface area contributed by atoms with Gasteiger partial charge in [0.1, 0.15) is 0 Å². The summed E-state index contributed by atoms with van der Waals surface area (Å²) in [6.45, 7) is 1.88. The summed E-state index contributed by atoms with van der Waals surface area (Å²) in [5.41, 5.74) is 5.73. The van der Waals surface area contributed by atoms with Crippen molar-refractivity contribution in [3.05, 3.63) is 204 Å². The van der Waals surface area contributed by atoms with Crippen molar-refractivity contribution in [1.82, 2.24) is 40.2 Å². The van der Waals surface area contributed by atoms with E-state index in [-0.39, 0.29) is 24.5 Å². The van der Waals surface area contributed by atoms with Gasteiger partial charge in [0.2, 0.25) is 11.6 Å². The predicted octanol–water partition coefficient (Wildman–Crippen LogP) is 7.94. The Bertz CT molecular complexity index is 2700. The zero-order chi connectivity index (χ0) is 44.8. The largest absolute Gasteiger partial charge is 0.481 e. The van der Waals surface area contributed by atoms with Gasteiger partial charge < -0.3 is 20.8 Å². The van der Waals surface area contributed by atoms with Crippen molar-refractivity contribution in [2.45, 2.75) is 38.3 Å². The molecule has 0 saturated heterocycles. The van der Waals surface area contributed by atoms with E-state index in [9.17, 15) is 29.4 Å². The predicted molar refractivity (Wildman–Crippen MR) is 241 cm³/mol. The van der Waals surface area contributed by atoms with E-state index >= 15 is 0 Å². The summed E-state index contributed by atoms with van der Waals surface area (Å²) in [6.07, 6.45) is -0.0586. The lowest BCUT2D eigenvalue weighted by molar-refractivity contribution is -0.138. The number of hydrogen-bond acceptors (Lipinski definition) is 8.